The molecule has 1 amide bonds. The van der Waals surface area contributed by atoms with Gasteiger partial charge in [0.25, 0.3) is 5.91 Å². The first kappa shape index (κ1) is 14.5. The van der Waals surface area contributed by atoms with Gasteiger partial charge in [0, 0.05) is 6.54 Å². The van der Waals surface area contributed by atoms with Gasteiger partial charge in [-0.25, -0.2) is 0 Å². The van der Waals surface area contributed by atoms with Crippen LogP contribution in [0.3, 0.4) is 0 Å². The number of amides is 1. The second kappa shape index (κ2) is 5.83. The van der Waals surface area contributed by atoms with E-state index in [1.54, 1.807) is 0 Å². The molecule has 0 aliphatic rings. The maximum Gasteiger partial charge on any atom is 0.417 e. The third-order valence-corrected chi connectivity index (χ3v) is 2.19. The summed E-state index contributed by atoms with van der Waals surface area (Å²) in [6.07, 6.45) is -5.82. The Labute approximate surface area is 101 Å². The Bertz CT molecular complexity index is 420. The molecule has 1 rings (SSSR count). The van der Waals surface area contributed by atoms with E-state index in [0.717, 1.165) is 12.1 Å². The second-order valence-electron chi connectivity index (χ2n) is 3.59. The highest BCUT2D eigenvalue weighted by Crippen LogP contribution is 2.31. The average Bonchev–Trinajstić information content (AvgIpc) is 2.34. The number of hydrogen-bond donors (Lipinski definition) is 3. The van der Waals surface area contributed by atoms with E-state index < -0.39 is 35.9 Å². The minimum absolute atomic E-state index is 0.318. The molecule has 1 aromatic carbocycles. The predicted octanol–water partition coefficient (Wildman–Crippen LogP) is 0.788. The number of hydrogen-bond acceptors (Lipinski definition) is 3. The molecule has 0 bridgehead atoms. The minimum atomic E-state index is -4.62. The first-order valence-corrected chi connectivity index (χ1v) is 5.09. The van der Waals surface area contributed by atoms with Gasteiger partial charge in [-0.2, -0.15) is 13.2 Å². The standard InChI is InChI=1S/C11H12F3NO3/c12-11(13,14)9-4-2-1-3-8(9)10(18)15-5-7(17)6-16/h1-4,7,16-17H,5-6H2,(H,15,18). The van der Waals surface area contributed by atoms with Gasteiger partial charge in [-0.05, 0) is 12.1 Å². The first-order chi connectivity index (χ1) is 8.36. The van der Waals surface area contributed by atoms with Crippen molar-refractivity contribution in [2.75, 3.05) is 13.2 Å². The average molecular weight is 263 g/mol. The van der Waals surface area contributed by atoms with Crippen LogP contribution >= 0.6 is 0 Å². The van der Waals surface area contributed by atoms with Crippen LogP contribution in [0.1, 0.15) is 15.9 Å². The lowest BCUT2D eigenvalue weighted by molar-refractivity contribution is -0.137. The highest BCUT2D eigenvalue weighted by atomic mass is 19.4. The van der Waals surface area contributed by atoms with Crippen molar-refractivity contribution in [3.63, 3.8) is 0 Å². The summed E-state index contributed by atoms with van der Waals surface area (Å²) in [5.74, 6) is -0.949. The smallest absolute Gasteiger partial charge is 0.394 e. The molecular weight excluding hydrogens is 251 g/mol. The number of nitrogens with one attached hydrogen (secondary N) is 1. The van der Waals surface area contributed by atoms with Crippen LogP contribution < -0.4 is 5.32 Å². The summed E-state index contributed by atoms with van der Waals surface area (Å²) in [4.78, 5) is 11.5. The Morgan fingerprint density at radius 2 is 1.94 bits per heavy atom. The van der Waals surface area contributed by atoms with Crippen molar-refractivity contribution in [1.82, 2.24) is 5.32 Å². The third-order valence-electron chi connectivity index (χ3n) is 2.19. The van der Waals surface area contributed by atoms with E-state index >= 15 is 0 Å². The van der Waals surface area contributed by atoms with Crippen molar-refractivity contribution in [2.45, 2.75) is 12.3 Å². The Morgan fingerprint density at radius 3 is 2.50 bits per heavy atom. The van der Waals surface area contributed by atoms with Gasteiger partial charge in [-0.15, -0.1) is 0 Å². The zero-order valence-electron chi connectivity index (χ0n) is 9.24. The maximum absolute atomic E-state index is 12.6. The molecule has 0 heterocycles. The van der Waals surface area contributed by atoms with Gasteiger partial charge in [0.2, 0.25) is 0 Å². The van der Waals surface area contributed by atoms with Gasteiger partial charge in [0.1, 0.15) is 0 Å². The number of alkyl halides is 3. The molecular formula is C11H12F3NO3. The summed E-state index contributed by atoms with van der Waals surface area (Å²) in [6.45, 7) is -0.900. The maximum atomic E-state index is 12.6. The number of carbonyl (C=O) groups excluding carboxylic acids is 1. The van der Waals surface area contributed by atoms with E-state index in [1.165, 1.54) is 12.1 Å². The molecule has 7 heteroatoms. The van der Waals surface area contributed by atoms with Crippen molar-refractivity contribution >= 4 is 5.91 Å². The highest BCUT2D eigenvalue weighted by Gasteiger charge is 2.34. The minimum Gasteiger partial charge on any atom is -0.394 e. The van der Waals surface area contributed by atoms with Crippen molar-refractivity contribution in [3.8, 4) is 0 Å². The molecule has 0 aliphatic heterocycles. The number of carbonyl (C=O) groups is 1. The van der Waals surface area contributed by atoms with E-state index in [-0.39, 0.29) is 6.54 Å². The summed E-state index contributed by atoms with van der Waals surface area (Å²) < 4.78 is 37.8. The molecule has 0 aliphatic carbocycles. The highest BCUT2D eigenvalue weighted by molar-refractivity contribution is 5.95. The topological polar surface area (TPSA) is 69.6 Å². The summed E-state index contributed by atoms with van der Waals surface area (Å²) >= 11 is 0. The lowest BCUT2D eigenvalue weighted by atomic mass is 10.1. The fraction of sp³-hybridized carbons (Fsp3) is 0.364. The predicted molar refractivity (Wildman–Crippen MR) is 56.9 cm³/mol. The zero-order chi connectivity index (χ0) is 13.8. The van der Waals surface area contributed by atoms with E-state index in [4.69, 9.17) is 10.2 Å². The van der Waals surface area contributed by atoms with Crippen LogP contribution in [0.15, 0.2) is 24.3 Å². The van der Waals surface area contributed by atoms with Gasteiger partial charge in [-0.3, -0.25) is 4.79 Å². The van der Waals surface area contributed by atoms with E-state index in [1.807, 2.05) is 0 Å². The quantitative estimate of drug-likeness (QED) is 0.752. The molecule has 3 N–H and O–H groups in total. The second-order valence-corrected chi connectivity index (χ2v) is 3.59. The normalized spacial score (nSPS) is 13.2. The summed E-state index contributed by atoms with van der Waals surface area (Å²) in [7, 11) is 0. The SMILES string of the molecule is O=C(NCC(O)CO)c1ccccc1C(F)(F)F. The molecule has 1 aromatic rings. The summed E-state index contributed by atoms with van der Waals surface area (Å²) in [6, 6.07) is 4.34. The molecule has 1 unspecified atom stereocenters. The molecule has 0 radical (unpaired) electrons. The Balaban J connectivity index is 2.86. The van der Waals surface area contributed by atoms with Gasteiger partial charge in [-0.1, -0.05) is 12.1 Å². The fourth-order valence-electron chi connectivity index (χ4n) is 1.30. The van der Waals surface area contributed by atoms with Crippen LogP contribution in [0.2, 0.25) is 0 Å². The molecule has 1 atom stereocenters. The molecule has 0 spiro atoms. The molecule has 0 saturated heterocycles. The fourth-order valence-corrected chi connectivity index (χ4v) is 1.30. The number of aliphatic hydroxyl groups excluding tert-OH is 2. The van der Waals surface area contributed by atoms with Crippen LogP contribution in [0, 0.1) is 0 Å². The lowest BCUT2D eigenvalue weighted by Crippen LogP contribution is -2.34. The number of aliphatic hydroxyl groups is 2. The summed E-state index contributed by atoms with van der Waals surface area (Å²) in [5.41, 5.74) is -1.56. The lowest BCUT2D eigenvalue weighted by Gasteiger charge is -2.13. The van der Waals surface area contributed by atoms with Crippen LogP contribution in [0.25, 0.3) is 0 Å². The van der Waals surface area contributed by atoms with E-state index in [0.29, 0.717) is 0 Å². The van der Waals surface area contributed by atoms with Gasteiger partial charge in [0.05, 0.1) is 23.8 Å². The van der Waals surface area contributed by atoms with Crippen LogP contribution in [0.4, 0.5) is 13.2 Å². The van der Waals surface area contributed by atoms with E-state index in [9.17, 15) is 18.0 Å². The van der Waals surface area contributed by atoms with Crippen molar-refractivity contribution in [3.05, 3.63) is 35.4 Å². The number of halogens is 3. The zero-order valence-corrected chi connectivity index (χ0v) is 9.24. The van der Waals surface area contributed by atoms with Crippen molar-refractivity contribution in [1.29, 1.82) is 0 Å². The molecule has 0 fully saturated rings. The first-order valence-electron chi connectivity index (χ1n) is 5.09. The molecule has 0 aromatic heterocycles. The molecule has 4 nitrogen and oxygen atoms in total. The Kier molecular flexibility index (Phi) is 4.69. The van der Waals surface area contributed by atoms with Crippen molar-refractivity contribution in [2.24, 2.45) is 0 Å². The van der Waals surface area contributed by atoms with Crippen molar-refractivity contribution < 1.29 is 28.2 Å². The van der Waals surface area contributed by atoms with Crippen LogP contribution in [0.5, 0.6) is 0 Å². The van der Waals surface area contributed by atoms with Crippen LogP contribution in [-0.2, 0) is 6.18 Å². The molecule has 18 heavy (non-hydrogen) atoms. The largest absolute Gasteiger partial charge is 0.417 e. The number of benzene rings is 1. The Hall–Kier alpha value is -1.60. The van der Waals surface area contributed by atoms with E-state index in [2.05, 4.69) is 5.32 Å². The Morgan fingerprint density at radius 1 is 1.33 bits per heavy atom. The number of rotatable bonds is 4. The van der Waals surface area contributed by atoms with Gasteiger partial charge in [0.15, 0.2) is 0 Å². The monoisotopic (exact) mass is 263 g/mol. The van der Waals surface area contributed by atoms with Crippen LogP contribution in [-0.4, -0.2) is 35.4 Å². The van der Waals surface area contributed by atoms with Gasteiger partial charge >= 0.3 is 6.18 Å². The molecule has 0 saturated carbocycles. The third kappa shape index (κ3) is 3.71. The summed E-state index contributed by atoms with van der Waals surface area (Å²) in [5, 5.41) is 19.6. The van der Waals surface area contributed by atoms with Gasteiger partial charge < -0.3 is 15.5 Å². The molecule has 100 valence electrons.